The van der Waals surface area contributed by atoms with E-state index in [-0.39, 0.29) is 35.3 Å². The summed E-state index contributed by atoms with van der Waals surface area (Å²) in [5, 5.41) is 5.85. The number of nitrogens with one attached hydrogen (secondary N) is 1. The van der Waals surface area contributed by atoms with Gasteiger partial charge < -0.3 is 14.7 Å². The summed E-state index contributed by atoms with van der Waals surface area (Å²) in [6, 6.07) is 0.814. The Morgan fingerprint density at radius 2 is 1.69 bits per heavy atom. The van der Waals surface area contributed by atoms with E-state index in [0.717, 1.165) is 18.5 Å². The van der Waals surface area contributed by atoms with Crippen LogP contribution in [0.5, 0.6) is 0 Å². The highest BCUT2D eigenvalue weighted by Crippen LogP contribution is 2.38. The van der Waals surface area contributed by atoms with Gasteiger partial charge in [-0.15, -0.1) is 0 Å². The molecule has 15 heteroatoms. The van der Waals surface area contributed by atoms with Gasteiger partial charge in [0.2, 0.25) is 11.9 Å². The smallest absolute Gasteiger partial charge is 0.339 e. The van der Waals surface area contributed by atoms with Gasteiger partial charge in [0.25, 0.3) is 5.56 Å². The van der Waals surface area contributed by atoms with Gasteiger partial charge in [0.05, 0.1) is 11.3 Å². The third kappa shape index (κ3) is 7.05. The van der Waals surface area contributed by atoms with Crippen molar-refractivity contribution in [2.75, 3.05) is 50.7 Å². The van der Waals surface area contributed by atoms with Crippen molar-refractivity contribution in [3.05, 3.63) is 45.6 Å². The Labute approximate surface area is 220 Å². The van der Waals surface area contributed by atoms with E-state index in [1.54, 1.807) is 9.80 Å². The first-order chi connectivity index (χ1) is 18.1. The van der Waals surface area contributed by atoms with Gasteiger partial charge in [-0.05, 0) is 17.9 Å². The van der Waals surface area contributed by atoms with E-state index in [9.17, 15) is 35.9 Å². The van der Waals surface area contributed by atoms with E-state index in [1.165, 1.54) is 0 Å². The molecular formula is C24H29F6N7O2. The SMILES string of the molecule is CC1(C)CC(c2cc(C(F)(F)F)c(=O)[nH]n2)CN(CCC(=O)N2CCN(c3ncc(C(F)(F)F)cn3)CC2)C1. The third-order valence-corrected chi connectivity index (χ3v) is 7.00. The van der Waals surface area contributed by atoms with Crippen LogP contribution in [0, 0.1) is 5.41 Å². The van der Waals surface area contributed by atoms with Crippen LogP contribution in [-0.2, 0) is 17.1 Å². The molecular weight excluding hydrogens is 532 g/mol. The second-order valence-corrected chi connectivity index (χ2v) is 10.7. The number of alkyl halides is 6. The number of carbonyl (C=O) groups excluding carboxylic acids is 1. The summed E-state index contributed by atoms with van der Waals surface area (Å²) in [5.41, 5.74) is -3.59. The number of H-pyrrole nitrogens is 1. The Morgan fingerprint density at radius 1 is 1.05 bits per heavy atom. The van der Waals surface area contributed by atoms with Crippen LogP contribution in [0.4, 0.5) is 32.3 Å². The summed E-state index contributed by atoms with van der Waals surface area (Å²) in [6.07, 6.45) is -7.06. The molecule has 9 nitrogen and oxygen atoms in total. The predicted octanol–water partition coefficient (Wildman–Crippen LogP) is 3.15. The van der Waals surface area contributed by atoms with E-state index in [2.05, 4.69) is 15.1 Å². The number of piperidine rings is 1. The third-order valence-electron chi connectivity index (χ3n) is 7.00. The van der Waals surface area contributed by atoms with Crippen LogP contribution >= 0.6 is 0 Å². The van der Waals surface area contributed by atoms with Crippen LogP contribution in [0.3, 0.4) is 0 Å². The summed E-state index contributed by atoms with van der Waals surface area (Å²) in [4.78, 5) is 37.5. The molecule has 214 valence electrons. The summed E-state index contributed by atoms with van der Waals surface area (Å²) in [7, 11) is 0. The maximum absolute atomic E-state index is 13.2. The minimum absolute atomic E-state index is 0.0931. The lowest BCUT2D eigenvalue weighted by molar-refractivity contribution is -0.139. The van der Waals surface area contributed by atoms with Crippen molar-refractivity contribution < 1.29 is 31.1 Å². The molecule has 4 heterocycles. The number of rotatable bonds is 5. The molecule has 4 rings (SSSR count). The van der Waals surface area contributed by atoms with Crippen molar-refractivity contribution in [1.82, 2.24) is 30.0 Å². The van der Waals surface area contributed by atoms with Gasteiger partial charge in [-0.2, -0.15) is 31.4 Å². The van der Waals surface area contributed by atoms with E-state index in [0.29, 0.717) is 52.2 Å². The van der Waals surface area contributed by atoms with Crippen molar-refractivity contribution in [3.63, 3.8) is 0 Å². The van der Waals surface area contributed by atoms with Gasteiger partial charge in [0.1, 0.15) is 5.56 Å². The highest BCUT2D eigenvalue weighted by atomic mass is 19.4. The zero-order valence-electron chi connectivity index (χ0n) is 21.4. The highest BCUT2D eigenvalue weighted by Gasteiger charge is 2.38. The van der Waals surface area contributed by atoms with Crippen molar-refractivity contribution in [1.29, 1.82) is 0 Å². The van der Waals surface area contributed by atoms with Crippen molar-refractivity contribution in [2.45, 2.75) is 45.0 Å². The van der Waals surface area contributed by atoms with Crippen molar-refractivity contribution in [2.24, 2.45) is 5.41 Å². The average molecular weight is 562 g/mol. The summed E-state index contributed by atoms with van der Waals surface area (Å²) >= 11 is 0. The Bertz CT molecular complexity index is 1220. The first kappa shape index (κ1) is 28.8. The van der Waals surface area contributed by atoms with Gasteiger partial charge >= 0.3 is 12.4 Å². The molecule has 2 aromatic heterocycles. The molecule has 0 saturated carbocycles. The molecule has 1 atom stereocenters. The zero-order valence-corrected chi connectivity index (χ0v) is 21.4. The lowest BCUT2D eigenvalue weighted by Gasteiger charge is -2.42. The number of piperazine rings is 1. The number of aromatic nitrogens is 4. The second kappa shape index (κ2) is 10.7. The lowest BCUT2D eigenvalue weighted by Crippen LogP contribution is -2.50. The molecule has 0 radical (unpaired) electrons. The standard InChI is InChI=1S/C24H29F6N7O2/c1-22(2)10-15(18-9-17(24(28,29)30)20(39)34-33-18)13-35(14-22)4-3-19(38)36-5-7-37(8-6-36)21-31-11-16(12-32-21)23(25,26)27/h9,11-12,15H,3-8,10,13-14H2,1-2H3,(H,34,39). The lowest BCUT2D eigenvalue weighted by atomic mass is 9.77. The fraction of sp³-hybridized carbons (Fsp3) is 0.625. The number of halogens is 6. The largest absolute Gasteiger partial charge is 0.421 e. The molecule has 0 aromatic carbocycles. The fourth-order valence-electron chi connectivity index (χ4n) is 5.19. The van der Waals surface area contributed by atoms with Crippen LogP contribution in [0.1, 0.15) is 49.4 Å². The molecule has 1 unspecified atom stereocenters. The number of aromatic amines is 1. The Morgan fingerprint density at radius 3 is 2.28 bits per heavy atom. The number of hydrogen-bond donors (Lipinski definition) is 1. The van der Waals surface area contributed by atoms with Crippen LogP contribution in [0.25, 0.3) is 0 Å². The number of likely N-dealkylation sites (tertiary alicyclic amines) is 1. The molecule has 0 spiro atoms. The first-order valence-electron chi connectivity index (χ1n) is 12.4. The monoisotopic (exact) mass is 561 g/mol. The minimum atomic E-state index is -4.79. The van der Waals surface area contributed by atoms with Gasteiger partial charge in [-0.3, -0.25) is 9.59 Å². The molecule has 1 amide bonds. The van der Waals surface area contributed by atoms with Crippen LogP contribution in [-0.4, -0.2) is 81.7 Å². The Kier molecular flexibility index (Phi) is 7.92. The van der Waals surface area contributed by atoms with Gasteiger partial charge in [-0.1, -0.05) is 13.8 Å². The molecule has 2 aromatic rings. The Balaban J connectivity index is 1.32. The summed E-state index contributed by atoms with van der Waals surface area (Å²) in [6.45, 7) is 6.88. The van der Waals surface area contributed by atoms with E-state index in [4.69, 9.17) is 0 Å². The highest BCUT2D eigenvalue weighted by molar-refractivity contribution is 5.76. The van der Waals surface area contributed by atoms with Gasteiger partial charge in [0, 0.05) is 70.5 Å². The van der Waals surface area contributed by atoms with Crippen LogP contribution < -0.4 is 10.5 Å². The first-order valence-corrected chi connectivity index (χ1v) is 12.4. The number of nitrogens with zero attached hydrogens (tertiary/aromatic N) is 6. The van der Waals surface area contributed by atoms with E-state index < -0.39 is 29.0 Å². The normalized spacial score (nSPS) is 20.8. The topological polar surface area (TPSA) is 98.3 Å². The maximum Gasteiger partial charge on any atom is 0.421 e. The average Bonchev–Trinajstić information content (AvgIpc) is 2.85. The molecule has 39 heavy (non-hydrogen) atoms. The summed E-state index contributed by atoms with van der Waals surface area (Å²) < 4.78 is 77.9. The second-order valence-electron chi connectivity index (χ2n) is 10.7. The molecule has 2 saturated heterocycles. The zero-order chi connectivity index (χ0) is 28.6. The molecule has 2 aliphatic heterocycles. The summed E-state index contributed by atoms with van der Waals surface area (Å²) in [5.74, 6) is -0.278. The molecule has 2 aliphatic rings. The number of amides is 1. The molecule has 0 aliphatic carbocycles. The minimum Gasteiger partial charge on any atom is -0.339 e. The van der Waals surface area contributed by atoms with E-state index >= 15 is 0 Å². The van der Waals surface area contributed by atoms with Crippen molar-refractivity contribution in [3.8, 4) is 0 Å². The van der Waals surface area contributed by atoms with Crippen molar-refractivity contribution >= 4 is 11.9 Å². The number of anilines is 1. The predicted molar refractivity (Wildman–Crippen MR) is 128 cm³/mol. The molecule has 2 fully saturated rings. The van der Waals surface area contributed by atoms with Gasteiger partial charge in [-0.25, -0.2) is 15.1 Å². The quantitative estimate of drug-likeness (QED) is 0.561. The van der Waals surface area contributed by atoms with Gasteiger partial charge in [0.15, 0.2) is 0 Å². The molecule has 1 N–H and O–H groups in total. The van der Waals surface area contributed by atoms with E-state index in [1.807, 2.05) is 23.8 Å². The Hall–Kier alpha value is -3.23. The van der Waals surface area contributed by atoms with Crippen LogP contribution in [0.2, 0.25) is 0 Å². The molecule has 0 bridgehead atoms. The number of hydrogen-bond acceptors (Lipinski definition) is 7. The van der Waals surface area contributed by atoms with Crippen LogP contribution in [0.15, 0.2) is 23.3 Å². The maximum atomic E-state index is 13.2. The fourth-order valence-corrected chi connectivity index (χ4v) is 5.19. The number of carbonyl (C=O) groups is 1.